The molecule has 2 heterocycles. The lowest BCUT2D eigenvalue weighted by Crippen LogP contribution is -2.13. The molecular weight excluding hydrogens is 218 g/mol. The van der Waals surface area contributed by atoms with E-state index in [1.165, 1.54) is 0 Å². The third-order valence-corrected chi connectivity index (χ3v) is 2.38. The topological polar surface area (TPSA) is 85.8 Å². The molecule has 0 radical (unpaired) electrons. The molecule has 0 spiro atoms. The van der Waals surface area contributed by atoms with Crippen LogP contribution >= 0.6 is 0 Å². The number of imidazole rings is 1. The highest BCUT2D eigenvalue weighted by molar-refractivity contribution is 5.91. The maximum atomic E-state index is 11.0. The first-order chi connectivity index (χ1) is 8.16. The van der Waals surface area contributed by atoms with Gasteiger partial charge in [0.2, 0.25) is 0 Å². The molecule has 0 saturated heterocycles. The Labute approximate surface area is 98.5 Å². The average molecular weight is 231 g/mol. The fraction of sp³-hybridized carbons (Fsp3) is 0.182. The van der Waals surface area contributed by atoms with Gasteiger partial charge in [-0.1, -0.05) is 0 Å². The first kappa shape index (κ1) is 11.1. The van der Waals surface area contributed by atoms with E-state index in [1.807, 2.05) is 17.8 Å². The monoisotopic (exact) mass is 231 g/mol. The van der Waals surface area contributed by atoms with Gasteiger partial charge in [-0.05, 0) is 12.1 Å². The molecule has 88 valence electrons. The van der Waals surface area contributed by atoms with Gasteiger partial charge < -0.3 is 15.6 Å². The predicted molar refractivity (Wildman–Crippen MR) is 63.3 cm³/mol. The molecule has 2 aromatic heterocycles. The number of rotatable bonds is 4. The zero-order valence-corrected chi connectivity index (χ0v) is 9.42. The lowest BCUT2D eigenvalue weighted by molar-refractivity contribution is 0.0995. The maximum absolute atomic E-state index is 11.0. The van der Waals surface area contributed by atoms with Gasteiger partial charge in [-0.2, -0.15) is 0 Å². The zero-order valence-electron chi connectivity index (χ0n) is 9.42. The Hall–Kier alpha value is -2.37. The highest BCUT2D eigenvalue weighted by Gasteiger charge is 2.03. The molecule has 0 saturated carbocycles. The zero-order chi connectivity index (χ0) is 12.3. The number of nitrogens with one attached hydrogen (secondary N) is 1. The summed E-state index contributed by atoms with van der Waals surface area (Å²) >= 11 is 0. The lowest BCUT2D eigenvalue weighted by atomic mass is 10.3. The Kier molecular flexibility index (Phi) is 3.04. The number of anilines is 1. The fourth-order valence-electron chi connectivity index (χ4n) is 1.42. The van der Waals surface area contributed by atoms with Gasteiger partial charge in [-0.3, -0.25) is 9.78 Å². The third-order valence-electron chi connectivity index (χ3n) is 2.38. The second-order valence-corrected chi connectivity index (χ2v) is 3.60. The van der Waals surface area contributed by atoms with Crippen LogP contribution in [0.3, 0.4) is 0 Å². The van der Waals surface area contributed by atoms with Crippen LogP contribution in [-0.2, 0) is 13.6 Å². The minimum atomic E-state index is -0.536. The van der Waals surface area contributed by atoms with Crippen LogP contribution in [0.1, 0.15) is 16.3 Å². The molecule has 0 fully saturated rings. The van der Waals surface area contributed by atoms with Gasteiger partial charge >= 0.3 is 0 Å². The van der Waals surface area contributed by atoms with E-state index in [1.54, 1.807) is 24.5 Å². The summed E-state index contributed by atoms with van der Waals surface area (Å²) in [5.74, 6) is 0.369. The van der Waals surface area contributed by atoms with E-state index in [0.717, 1.165) is 11.5 Å². The lowest BCUT2D eigenvalue weighted by Gasteiger charge is -2.06. The van der Waals surface area contributed by atoms with E-state index in [2.05, 4.69) is 15.3 Å². The summed E-state index contributed by atoms with van der Waals surface area (Å²) in [6.45, 7) is 0.575. The largest absolute Gasteiger partial charge is 0.378 e. The SMILES string of the molecule is Cn1ccnc1CNc1ccnc(C(N)=O)c1. The van der Waals surface area contributed by atoms with E-state index >= 15 is 0 Å². The van der Waals surface area contributed by atoms with Crippen molar-refractivity contribution in [3.63, 3.8) is 0 Å². The molecule has 2 aromatic rings. The first-order valence-electron chi connectivity index (χ1n) is 5.13. The van der Waals surface area contributed by atoms with Crippen LogP contribution in [-0.4, -0.2) is 20.4 Å². The third kappa shape index (κ3) is 2.60. The highest BCUT2D eigenvalue weighted by Crippen LogP contribution is 2.09. The van der Waals surface area contributed by atoms with Gasteiger partial charge in [0.05, 0.1) is 6.54 Å². The first-order valence-corrected chi connectivity index (χ1v) is 5.13. The van der Waals surface area contributed by atoms with E-state index in [0.29, 0.717) is 6.54 Å². The van der Waals surface area contributed by atoms with Crippen molar-refractivity contribution in [3.05, 3.63) is 42.2 Å². The number of pyridine rings is 1. The molecule has 0 atom stereocenters. The number of aromatic nitrogens is 3. The molecule has 1 amide bonds. The number of carbonyl (C=O) groups is 1. The summed E-state index contributed by atoms with van der Waals surface area (Å²) in [4.78, 5) is 19.0. The Balaban J connectivity index is 2.07. The molecular formula is C11H13N5O. The predicted octanol–water partition coefficient (Wildman–Crippen LogP) is 0.526. The average Bonchev–Trinajstić information content (AvgIpc) is 2.72. The van der Waals surface area contributed by atoms with Crippen LogP contribution in [0.5, 0.6) is 0 Å². The van der Waals surface area contributed by atoms with Gasteiger partial charge in [0, 0.05) is 31.3 Å². The molecule has 0 aliphatic heterocycles. The molecule has 0 unspecified atom stereocenters. The van der Waals surface area contributed by atoms with Crippen LogP contribution < -0.4 is 11.1 Å². The van der Waals surface area contributed by atoms with E-state index in [9.17, 15) is 4.79 Å². The minimum Gasteiger partial charge on any atom is -0.378 e. The number of aryl methyl sites for hydroxylation is 1. The van der Waals surface area contributed by atoms with Crippen LogP contribution in [0.4, 0.5) is 5.69 Å². The van der Waals surface area contributed by atoms with Gasteiger partial charge in [-0.25, -0.2) is 4.98 Å². The smallest absolute Gasteiger partial charge is 0.267 e. The number of carbonyl (C=O) groups excluding carboxylic acids is 1. The van der Waals surface area contributed by atoms with Crippen molar-refractivity contribution in [1.82, 2.24) is 14.5 Å². The number of hydrogen-bond acceptors (Lipinski definition) is 4. The summed E-state index contributed by atoms with van der Waals surface area (Å²) in [7, 11) is 1.92. The molecule has 3 N–H and O–H groups in total. The summed E-state index contributed by atoms with van der Waals surface area (Å²) in [6, 6.07) is 3.39. The number of hydrogen-bond donors (Lipinski definition) is 2. The van der Waals surface area contributed by atoms with Crippen LogP contribution in [0, 0.1) is 0 Å². The second-order valence-electron chi connectivity index (χ2n) is 3.60. The Morgan fingerprint density at radius 2 is 2.29 bits per heavy atom. The molecule has 0 aliphatic carbocycles. The van der Waals surface area contributed by atoms with Crippen molar-refractivity contribution in [2.45, 2.75) is 6.54 Å². The van der Waals surface area contributed by atoms with Crippen LogP contribution in [0.15, 0.2) is 30.7 Å². The molecule has 6 nitrogen and oxygen atoms in total. The molecule has 0 aromatic carbocycles. The van der Waals surface area contributed by atoms with E-state index in [4.69, 9.17) is 5.73 Å². The minimum absolute atomic E-state index is 0.245. The Morgan fingerprint density at radius 1 is 1.47 bits per heavy atom. The van der Waals surface area contributed by atoms with E-state index < -0.39 is 5.91 Å². The maximum Gasteiger partial charge on any atom is 0.267 e. The summed E-state index contributed by atoms with van der Waals surface area (Å²) in [5.41, 5.74) is 6.19. The Morgan fingerprint density at radius 3 is 2.94 bits per heavy atom. The van der Waals surface area contributed by atoms with E-state index in [-0.39, 0.29) is 5.69 Å². The summed E-state index contributed by atoms with van der Waals surface area (Å²) in [5, 5.41) is 3.15. The number of primary amides is 1. The van der Waals surface area contributed by atoms with Gasteiger partial charge in [-0.15, -0.1) is 0 Å². The van der Waals surface area contributed by atoms with Crippen molar-refractivity contribution >= 4 is 11.6 Å². The molecule has 6 heteroatoms. The number of amides is 1. The molecule has 0 aliphatic rings. The summed E-state index contributed by atoms with van der Waals surface area (Å²) < 4.78 is 1.92. The molecule has 17 heavy (non-hydrogen) atoms. The van der Waals surface area contributed by atoms with Crippen molar-refractivity contribution in [2.75, 3.05) is 5.32 Å². The quantitative estimate of drug-likeness (QED) is 0.803. The normalized spacial score (nSPS) is 10.2. The standard InChI is InChI=1S/C11H13N5O/c1-16-5-4-14-10(16)7-15-8-2-3-13-9(6-8)11(12)17/h2-6H,7H2,1H3,(H2,12,17)(H,13,15). The number of nitrogens with zero attached hydrogens (tertiary/aromatic N) is 3. The van der Waals surface area contributed by atoms with Gasteiger partial charge in [0.15, 0.2) is 0 Å². The number of nitrogens with two attached hydrogens (primary N) is 1. The molecule has 2 rings (SSSR count). The highest BCUT2D eigenvalue weighted by atomic mass is 16.1. The van der Waals surface area contributed by atoms with Crippen LogP contribution in [0.25, 0.3) is 0 Å². The Bertz CT molecular complexity index is 534. The van der Waals surface area contributed by atoms with Crippen molar-refractivity contribution in [1.29, 1.82) is 0 Å². The van der Waals surface area contributed by atoms with Crippen LogP contribution in [0.2, 0.25) is 0 Å². The second kappa shape index (κ2) is 4.65. The van der Waals surface area contributed by atoms with Gasteiger partial charge in [0.1, 0.15) is 11.5 Å². The van der Waals surface area contributed by atoms with Crippen molar-refractivity contribution < 1.29 is 4.79 Å². The van der Waals surface area contributed by atoms with Crippen molar-refractivity contribution in [3.8, 4) is 0 Å². The van der Waals surface area contributed by atoms with Crippen molar-refractivity contribution in [2.24, 2.45) is 12.8 Å². The summed E-state index contributed by atoms with van der Waals surface area (Å²) in [6.07, 6.45) is 5.15. The molecule has 0 bridgehead atoms. The van der Waals surface area contributed by atoms with Gasteiger partial charge in [0.25, 0.3) is 5.91 Å². The fourth-order valence-corrected chi connectivity index (χ4v) is 1.42.